The van der Waals surface area contributed by atoms with E-state index in [0.717, 1.165) is 59.9 Å². The average Bonchev–Trinajstić information content (AvgIpc) is 3.38. The minimum absolute atomic E-state index is 0.157. The van der Waals surface area contributed by atoms with Gasteiger partial charge in [0.25, 0.3) is 0 Å². The standard InChI is InChI=1S/C35H37FN6O2/c1-3-32(43)42-13-12-40(20-25(42)18-37-2)33-28-9-8-22(26-6-4-7-27-29-14-23(29)15-30(26)27)16-31(28)38-34(39-33)44-21-35-10-5-11-41(35)19-24(36)17-35/h3-4,6-9,16,23-25,29H,1,5,10-15,17-21H2/t23-,24+,25-,29-,35-/m0/s1. The molecule has 1 aromatic heterocycles. The molecule has 0 spiro atoms. The third kappa shape index (κ3) is 4.54. The van der Waals surface area contributed by atoms with Gasteiger partial charge in [-0.2, -0.15) is 9.97 Å². The molecule has 0 N–H and O–H groups in total. The van der Waals surface area contributed by atoms with Gasteiger partial charge in [0.15, 0.2) is 0 Å². The van der Waals surface area contributed by atoms with Crippen molar-refractivity contribution >= 4 is 22.6 Å². The number of anilines is 1. The predicted molar refractivity (Wildman–Crippen MR) is 167 cm³/mol. The number of ether oxygens (including phenoxy) is 1. The molecule has 9 heteroatoms. The summed E-state index contributed by atoms with van der Waals surface area (Å²) >= 11 is 0. The van der Waals surface area contributed by atoms with Gasteiger partial charge in [-0.15, -0.1) is 0 Å². The van der Waals surface area contributed by atoms with Gasteiger partial charge in [0.05, 0.1) is 11.1 Å². The molecular weight excluding hydrogens is 555 g/mol. The van der Waals surface area contributed by atoms with E-state index in [1.54, 1.807) is 4.90 Å². The number of carbonyl (C=O) groups excluding carboxylic acids is 1. The third-order valence-corrected chi connectivity index (χ3v) is 10.7. The zero-order chi connectivity index (χ0) is 30.0. The molecule has 3 saturated heterocycles. The van der Waals surface area contributed by atoms with E-state index in [2.05, 4.69) is 57.6 Å². The molecule has 3 aromatic rings. The fraction of sp³-hybridized carbons (Fsp3) is 0.486. The van der Waals surface area contributed by atoms with Crippen LogP contribution in [0.15, 0.2) is 49.1 Å². The fourth-order valence-electron chi connectivity index (χ4n) is 8.50. The topological polar surface area (TPSA) is 66.2 Å². The van der Waals surface area contributed by atoms with Crippen LogP contribution in [0, 0.1) is 12.5 Å². The molecule has 1 saturated carbocycles. The Kier molecular flexibility index (Phi) is 6.60. The molecule has 0 radical (unpaired) electrons. The first-order valence-corrected chi connectivity index (χ1v) is 15.9. The summed E-state index contributed by atoms with van der Waals surface area (Å²) in [5.41, 5.74) is 5.86. The molecule has 226 valence electrons. The Bertz CT molecular complexity index is 1700. The van der Waals surface area contributed by atoms with Gasteiger partial charge in [-0.05, 0) is 84.5 Å². The number of alkyl halides is 1. The number of hydrogen-bond acceptors (Lipinski definition) is 6. The van der Waals surface area contributed by atoms with Gasteiger partial charge in [-0.3, -0.25) is 9.69 Å². The van der Waals surface area contributed by atoms with Crippen LogP contribution in [0.5, 0.6) is 6.01 Å². The highest BCUT2D eigenvalue weighted by atomic mass is 19.1. The van der Waals surface area contributed by atoms with E-state index in [4.69, 9.17) is 21.3 Å². The Labute approximate surface area is 257 Å². The number of aromatic nitrogens is 2. The van der Waals surface area contributed by atoms with Crippen LogP contribution in [-0.4, -0.2) is 89.3 Å². The van der Waals surface area contributed by atoms with E-state index in [-0.39, 0.29) is 24.0 Å². The first kappa shape index (κ1) is 27.5. The van der Waals surface area contributed by atoms with E-state index in [1.165, 1.54) is 29.2 Å². The minimum atomic E-state index is -0.831. The van der Waals surface area contributed by atoms with Gasteiger partial charge in [0.2, 0.25) is 12.5 Å². The number of hydrogen-bond donors (Lipinski definition) is 0. The Morgan fingerprint density at radius 2 is 2.11 bits per heavy atom. The summed E-state index contributed by atoms with van der Waals surface area (Å²) < 4.78 is 20.9. The maximum Gasteiger partial charge on any atom is 0.319 e. The number of rotatable bonds is 7. The van der Waals surface area contributed by atoms with Gasteiger partial charge < -0.3 is 19.4 Å². The second-order valence-corrected chi connectivity index (χ2v) is 13.3. The van der Waals surface area contributed by atoms with Gasteiger partial charge in [0, 0.05) is 38.0 Å². The van der Waals surface area contributed by atoms with Crippen molar-refractivity contribution in [3.05, 3.63) is 71.6 Å². The summed E-state index contributed by atoms with van der Waals surface area (Å²) in [5.74, 6) is 2.11. The average molecular weight is 593 g/mol. The van der Waals surface area contributed by atoms with Crippen LogP contribution in [0.3, 0.4) is 0 Å². The second kappa shape index (κ2) is 10.6. The van der Waals surface area contributed by atoms with Crippen LogP contribution in [0.25, 0.3) is 26.9 Å². The molecule has 2 aromatic carbocycles. The van der Waals surface area contributed by atoms with E-state index >= 15 is 0 Å². The van der Waals surface area contributed by atoms with Crippen LogP contribution in [0.1, 0.15) is 42.7 Å². The summed E-state index contributed by atoms with van der Waals surface area (Å²) in [5, 5.41) is 0.909. The molecular formula is C35H37FN6O2. The number of amides is 1. The molecule has 1 amide bonds. The highest BCUT2D eigenvalue weighted by Gasteiger charge is 2.49. The van der Waals surface area contributed by atoms with Crippen molar-refractivity contribution < 1.29 is 13.9 Å². The van der Waals surface area contributed by atoms with Gasteiger partial charge >= 0.3 is 6.01 Å². The Morgan fingerprint density at radius 1 is 1.20 bits per heavy atom. The Balaban J connectivity index is 1.17. The second-order valence-electron chi connectivity index (χ2n) is 13.3. The van der Waals surface area contributed by atoms with Crippen LogP contribution in [0.2, 0.25) is 0 Å². The largest absolute Gasteiger partial charge is 0.461 e. The number of benzene rings is 2. The number of carbonyl (C=O) groups is 1. The summed E-state index contributed by atoms with van der Waals surface area (Å²) in [4.78, 5) is 32.2. The highest BCUT2D eigenvalue weighted by Crippen LogP contribution is 2.57. The van der Waals surface area contributed by atoms with Gasteiger partial charge in [0.1, 0.15) is 24.6 Å². The lowest BCUT2D eigenvalue weighted by molar-refractivity contribution is -0.128. The summed E-state index contributed by atoms with van der Waals surface area (Å²) in [6, 6.07) is 13.1. The first-order chi connectivity index (χ1) is 21.5. The lowest BCUT2D eigenvalue weighted by atomic mass is 9.94. The van der Waals surface area contributed by atoms with Crippen molar-refractivity contribution in [3.63, 3.8) is 0 Å². The molecule has 5 aliphatic rings. The van der Waals surface area contributed by atoms with Crippen LogP contribution in [0.4, 0.5) is 10.2 Å². The Morgan fingerprint density at radius 3 is 2.98 bits per heavy atom. The molecule has 4 fully saturated rings. The van der Waals surface area contributed by atoms with E-state index < -0.39 is 6.17 Å². The molecule has 0 unspecified atom stereocenters. The molecule has 44 heavy (non-hydrogen) atoms. The van der Waals surface area contributed by atoms with Crippen molar-refractivity contribution in [2.45, 2.75) is 55.8 Å². The highest BCUT2D eigenvalue weighted by molar-refractivity contribution is 5.94. The van der Waals surface area contributed by atoms with Crippen molar-refractivity contribution in [2.24, 2.45) is 5.92 Å². The van der Waals surface area contributed by atoms with Crippen LogP contribution < -0.4 is 9.64 Å². The van der Waals surface area contributed by atoms with E-state index in [0.29, 0.717) is 45.2 Å². The lowest BCUT2D eigenvalue weighted by Gasteiger charge is -2.39. The van der Waals surface area contributed by atoms with Crippen molar-refractivity contribution in [3.8, 4) is 17.1 Å². The third-order valence-electron chi connectivity index (χ3n) is 10.7. The molecule has 5 atom stereocenters. The van der Waals surface area contributed by atoms with Crippen molar-refractivity contribution in [1.29, 1.82) is 0 Å². The zero-order valence-corrected chi connectivity index (χ0v) is 24.9. The fourth-order valence-corrected chi connectivity index (χ4v) is 8.50. The number of piperazine rings is 1. The minimum Gasteiger partial charge on any atom is -0.461 e. The predicted octanol–water partition coefficient (Wildman–Crippen LogP) is 5.03. The van der Waals surface area contributed by atoms with Crippen LogP contribution in [-0.2, 0) is 11.2 Å². The summed E-state index contributed by atoms with van der Waals surface area (Å²) in [7, 11) is 0. The normalized spacial score (nSPS) is 28.8. The number of halogens is 1. The summed E-state index contributed by atoms with van der Waals surface area (Å²) in [6.45, 7) is 14.6. The van der Waals surface area contributed by atoms with Gasteiger partial charge in [-0.25, -0.2) is 11.0 Å². The SMILES string of the molecule is [C-]#[N+]C[C@H]1CN(c2nc(OC[C@@]34CCCN3C[C@H](F)C4)nc3cc(-c4cccc5c4C[C@@H]4C[C@H]54)ccc23)CCN1C(=O)C=C. The van der Waals surface area contributed by atoms with E-state index in [1.807, 2.05) is 0 Å². The van der Waals surface area contributed by atoms with Crippen LogP contribution >= 0.6 is 0 Å². The molecule has 0 bridgehead atoms. The first-order valence-electron chi connectivity index (χ1n) is 15.9. The van der Waals surface area contributed by atoms with Crippen molar-refractivity contribution in [1.82, 2.24) is 19.8 Å². The zero-order valence-electron chi connectivity index (χ0n) is 24.9. The monoisotopic (exact) mass is 592 g/mol. The smallest absolute Gasteiger partial charge is 0.319 e. The number of fused-ring (bicyclic) bond motifs is 5. The lowest BCUT2D eigenvalue weighted by Crippen LogP contribution is -2.56. The molecule has 8 rings (SSSR count). The molecule has 4 heterocycles. The molecule has 3 aliphatic heterocycles. The molecule has 8 nitrogen and oxygen atoms in total. The summed E-state index contributed by atoms with van der Waals surface area (Å²) in [6.07, 6.45) is 5.38. The number of nitrogens with zero attached hydrogens (tertiary/aromatic N) is 6. The van der Waals surface area contributed by atoms with Gasteiger partial charge in [-0.1, -0.05) is 30.8 Å². The Hall–Kier alpha value is -4.03. The quantitative estimate of drug-likeness (QED) is 0.283. The van der Waals surface area contributed by atoms with Crippen molar-refractivity contribution in [2.75, 3.05) is 50.8 Å². The maximum absolute atomic E-state index is 14.5. The van der Waals surface area contributed by atoms with E-state index in [9.17, 15) is 9.18 Å². The maximum atomic E-state index is 14.5. The molecule has 2 aliphatic carbocycles.